The number of para-hydroxylation sites is 2. The van der Waals surface area contributed by atoms with E-state index in [2.05, 4.69) is 5.32 Å². The summed E-state index contributed by atoms with van der Waals surface area (Å²) >= 11 is 0. The monoisotopic (exact) mass is 329 g/mol. The van der Waals surface area contributed by atoms with Gasteiger partial charge in [0.1, 0.15) is 31.3 Å². The molecule has 0 saturated heterocycles. The fourth-order valence-electron chi connectivity index (χ4n) is 1.96. The number of esters is 1. The van der Waals surface area contributed by atoms with Crippen LogP contribution in [0.25, 0.3) is 0 Å². The molecule has 1 amide bonds. The molecule has 0 bridgehead atoms. The first kappa shape index (κ1) is 17.3. The minimum absolute atomic E-state index is 0.109. The van der Waals surface area contributed by atoms with Gasteiger partial charge in [0.2, 0.25) is 0 Å². The van der Waals surface area contributed by atoms with Crippen LogP contribution in [-0.2, 0) is 9.53 Å². The fourth-order valence-corrected chi connectivity index (χ4v) is 1.96. The molecule has 0 fully saturated rings. The summed E-state index contributed by atoms with van der Waals surface area (Å²) in [7, 11) is 1.48. The number of rotatable bonds is 8. The number of carbonyl (C=O) groups is 2. The van der Waals surface area contributed by atoms with Crippen LogP contribution in [0.4, 0.5) is 0 Å². The van der Waals surface area contributed by atoms with Crippen molar-refractivity contribution in [2.75, 3.05) is 26.9 Å². The molecule has 0 aliphatic rings. The summed E-state index contributed by atoms with van der Waals surface area (Å²) in [4.78, 5) is 23.6. The van der Waals surface area contributed by atoms with E-state index in [1.807, 2.05) is 30.3 Å². The molecule has 24 heavy (non-hydrogen) atoms. The van der Waals surface area contributed by atoms with E-state index in [1.165, 1.54) is 7.11 Å². The van der Waals surface area contributed by atoms with Crippen LogP contribution in [0.3, 0.4) is 0 Å². The first-order valence-electron chi connectivity index (χ1n) is 7.45. The topological polar surface area (TPSA) is 73.9 Å². The van der Waals surface area contributed by atoms with Gasteiger partial charge >= 0.3 is 5.97 Å². The normalized spacial score (nSPS) is 9.88. The second-order valence-electron chi connectivity index (χ2n) is 4.76. The van der Waals surface area contributed by atoms with Crippen LogP contribution >= 0.6 is 0 Å². The van der Waals surface area contributed by atoms with Crippen LogP contribution in [-0.4, -0.2) is 38.7 Å². The Morgan fingerprint density at radius 2 is 1.67 bits per heavy atom. The maximum atomic E-state index is 12.0. The lowest BCUT2D eigenvalue weighted by Crippen LogP contribution is -2.31. The third-order valence-electron chi connectivity index (χ3n) is 3.10. The molecule has 1 N–H and O–H groups in total. The number of methoxy groups -OCH3 is 1. The molecule has 126 valence electrons. The van der Waals surface area contributed by atoms with Crippen LogP contribution in [0.2, 0.25) is 0 Å². The van der Waals surface area contributed by atoms with Crippen LogP contribution < -0.4 is 14.8 Å². The van der Waals surface area contributed by atoms with Crippen LogP contribution in [0, 0.1) is 0 Å². The summed E-state index contributed by atoms with van der Waals surface area (Å²) in [6.07, 6.45) is 0. The van der Waals surface area contributed by atoms with Crippen molar-refractivity contribution >= 4 is 11.9 Å². The van der Waals surface area contributed by atoms with Crippen molar-refractivity contribution in [1.29, 1.82) is 0 Å². The Labute approximate surface area is 140 Å². The molecule has 2 aromatic rings. The van der Waals surface area contributed by atoms with Crippen molar-refractivity contribution in [1.82, 2.24) is 5.32 Å². The van der Waals surface area contributed by atoms with Crippen molar-refractivity contribution in [3.05, 3.63) is 60.2 Å². The van der Waals surface area contributed by atoms with Crippen molar-refractivity contribution in [2.24, 2.45) is 0 Å². The summed E-state index contributed by atoms with van der Waals surface area (Å²) < 4.78 is 15.5. The highest BCUT2D eigenvalue weighted by Gasteiger charge is 2.12. The van der Waals surface area contributed by atoms with Crippen molar-refractivity contribution in [2.45, 2.75) is 0 Å². The standard InChI is InChI=1S/C18H19NO5/c1-22-16-10-6-5-9-15(16)18(21)19-13-17(20)24-12-11-23-14-7-3-2-4-8-14/h2-10H,11-13H2,1H3,(H,19,21). The average Bonchev–Trinajstić information content (AvgIpc) is 2.64. The summed E-state index contributed by atoms with van der Waals surface area (Å²) in [5.41, 5.74) is 0.361. The number of benzene rings is 2. The minimum Gasteiger partial charge on any atom is -0.496 e. The second-order valence-corrected chi connectivity index (χ2v) is 4.76. The lowest BCUT2D eigenvalue weighted by atomic mass is 10.2. The van der Waals surface area contributed by atoms with Gasteiger partial charge in [0.25, 0.3) is 5.91 Å². The molecule has 0 unspecified atom stereocenters. The Kier molecular flexibility index (Phi) is 6.64. The van der Waals surface area contributed by atoms with E-state index in [9.17, 15) is 9.59 Å². The predicted octanol–water partition coefficient (Wildman–Crippen LogP) is 2.05. The van der Waals surface area contributed by atoms with E-state index < -0.39 is 11.9 Å². The zero-order valence-corrected chi connectivity index (χ0v) is 13.4. The van der Waals surface area contributed by atoms with Gasteiger partial charge < -0.3 is 19.5 Å². The number of nitrogens with one attached hydrogen (secondary N) is 1. The first-order valence-corrected chi connectivity index (χ1v) is 7.45. The van der Waals surface area contributed by atoms with Crippen LogP contribution in [0.5, 0.6) is 11.5 Å². The fraction of sp³-hybridized carbons (Fsp3) is 0.222. The minimum atomic E-state index is -0.532. The smallest absolute Gasteiger partial charge is 0.325 e. The number of hydrogen-bond acceptors (Lipinski definition) is 5. The highest BCUT2D eigenvalue weighted by molar-refractivity contribution is 5.98. The molecule has 2 rings (SSSR count). The predicted molar refractivity (Wildman–Crippen MR) is 88.2 cm³/mol. The van der Waals surface area contributed by atoms with E-state index in [1.54, 1.807) is 24.3 Å². The number of ether oxygens (including phenoxy) is 3. The zero-order chi connectivity index (χ0) is 17.2. The third kappa shape index (κ3) is 5.31. The van der Waals surface area contributed by atoms with Gasteiger partial charge in [-0.2, -0.15) is 0 Å². The maximum Gasteiger partial charge on any atom is 0.325 e. The highest BCUT2D eigenvalue weighted by Crippen LogP contribution is 2.16. The molecule has 0 aliphatic carbocycles. The first-order chi connectivity index (χ1) is 11.7. The van der Waals surface area contributed by atoms with Gasteiger partial charge in [0, 0.05) is 0 Å². The second kappa shape index (κ2) is 9.19. The Morgan fingerprint density at radius 1 is 0.958 bits per heavy atom. The van der Waals surface area contributed by atoms with Gasteiger partial charge in [-0.15, -0.1) is 0 Å². The van der Waals surface area contributed by atoms with E-state index >= 15 is 0 Å². The largest absolute Gasteiger partial charge is 0.496 e. The number of hydrogen-bond donors (Lipinski definition) is 1. The highest BCUT2D eigenvalue weighted by atomic mass is 16.6. The van der Waals surface area contributed by atoms with Crippen molar-refractivity contribution in [3.63, 3.8) is 0 Å². The summed E-state index contributed by atoms with van der Waals surface area (Å²) in [5, 5.41) is 2.50. The van der Waals surface area contributed by atoms with Gasteiger partial charge in [-0.1, -0.05) is 30.3 Å². The molecule has 0 aromatic heterocycles. The number of amides is 1. The van der Waals surface area contributed by atoms with E-state index in [0.717, 1.165) is 0 Å². The summed E-state index contributed by atoms with van der Waals surface area (Å²) in [5.74, 6) is 0.220. The molecule has 2 aromatic carbocycles. The Morgan fingerprint density at radius 3 is 2.42 bits per heavy atom. The third-order valence-corrected chi connectivity index (χ3v) is 3.10. The molecule has 0 aliphatic heterocycles. The van der Waals surface area contributed by atoms with Gasteiger partial charge in [-0.25, -0.2) is 0 Å². The molecule has 6 heteroatoms. The molecular weight excluding hydrogens is 310 g/mol. The summed E-state index contributed by atoms with van der Waals surface area (Å²) in [6, 6.07) is 16.0. The lowest BCUT2D eigenvalue weighted by Gasteiger charge is -2.09. The molecular formula is C18H19NO5. The average molecular weight is 329 g/mol. The molecule has 0 spiro atoms. The van der Waals surface area contributed by atoms with Gasteiger partial charge in [-0.3, -0.25) is 9.59 Å². The molecule has 0 heterocycles. The van der Waals surface area contributed by atoms with Gasteiger partial charge in [0.15, 0.2) is 0 Å². The zero-order valence-electron chi connectivity index (χ0n) is 13.4. The molecule has 0 atom stereocenters. The Hall–Kier alpha value is -3.02. The van der Waals surface area contributed by atoms with Crippen molar-refractivity contribution < 1.29 is 23.8 Å². The van der Waals surface area contributed by atoms with E-state index in [-0.39, 0.29) is 19.8 Å². The van der Waals surface area contributed by atoms with Crippen molar-refractivity contribution in [3.8, 4) is 11.5 Å². The summed E-state index contributed by atoms with van der Waals surface area (Å²) in [6.45, 7) is 0.136. The van der Waals surface area contributed by atoms with E-state index in [0.29, 0.717) is 17.1 Å². The van der Waals surface area contributed by atoms with Gasteiger partial charge in [0.05, 0.1) is 12.7 Å². The molecule has 6 nitrogen and oxygen atoms in total. The van der Waals surface area contributed by atoms with Crippen LogP contribution in [0.15, 0.2) is 54.6 Å². The lowest BCUT2D eigenvalue weighted by molar-refractivity contribution is -0.143. The van der Waals surface area contributed by atoms with Gasteiger partial charge in [-0.05, 0) is 24.3 Å². The van der Waals surface area contributed by atoms with Crippen LogP contribution in [0.1, 0.15) is 10.4 Å². The quantitative estimate of drug-likeness (QED) is 0.593. The molecule has 0 radical (unpaired) electrons. The Bertz CT molecular complexity index is 672. The molecule has 0 saturated carbocycles. The van der Waals surface area contributed by atoms with E-state index in [4.69, 9.17) is 14.2 Å². The maximum absolute atomic E-state index is 12.0. The number of carbonyl (C=O) groups excluding carboxylic acids is 2. The SMILES string of the molecule is COc1ccccc1C(=O)NCC(=O)OCCOc1ccccc1. The Balaban J connectivity index is 1.68.